The first-order valence-corrected chi connectivity index (χ1v) is 4.31. The molecule has 0 fully saturated rings. The molecular formula is C9H11N5. The summed E-state index contributed by atoms with van der Waals surface area (Å²) in [5, 5.41) is 3.18. The van der Waals surface area contributed by atoms with Gasteiger partial charge in [-0.25, -0.2) is 15.0 Å². The van der Waals surface area contributed by atoms with Crippen LogP contribution in [0.5, 0.6) is 0 Å². The molecule has 5 nitrogen and oxygen atoms in total. The Morgan fingerprint density at radius 2 is 2.14 bits per heavy atom. The summed E-state index contributed by atoms with van der Waals surface area (Å²) in [5.41, 5.74) is 0.899. The second kappa shape index (κ2) is 3.87. The molecule has 72 valence electrons. The van der Waals surface area contributed by atoms with Gasteiger partial charge in [0.25, 0.3) is 0 Å². The number of aromatic nitrogens is 4. The number of anilines is 1. The summed E-state index contributed by atoms with van der Waals surface area (Å²) in [6, 6.07) is 0. The van der Waals surface area contributed by atoms with Gasteiger partial charge in [0.2, 0.25) is 0 Å². The Kier molecular flexibility index (Phi) is 2.40. The van der Waals surface area contributed by atoms with Crippen LogP contribution in [-0.2, 0) is 13.6 Å². The molecular weight excluding hydrogens is 178 g/mol. The second-order valence-electron chi connectivity index (χ2n) is 2.94. The fraction of sp³-hybridized carbons (Fsp3) is 0.222. The summed E-state index contributed by atoms with van der Waals surface area (Å²) < 4.78 is 1.97. The van der Waals surface area contributed by atoms with Crippen LogP contribution in [-0.4, -0.2) is 19.5 Å². The van der Waals surface area contributed by atoms with Crippen molar-refractivity contribution in [1.82, 2.24) is 19.5 Å². The first kappa shape index (κ1) is 8.68. The quantitative estimate of drug-likeness (QED) is 0.776. The van der Waals surface area contributed by atoms with Gasteiger partial charge in [-0.1, -0.05) is 0 Å². The highest BCUT2D eigenvalue weighted by Crippen LogP contribution is 2.03. The second-order valence-corrected chi connectivity index (χ2v) is 2.94. The zero-order valence-electron chi connectivity index (χ0n) is 7.88. The van der Waals surface area contributed by atoms with Crippen LogP contribution in [0.4, 0.5) is 5.69 Å². The molecule has 0 saturated heterocycles. The minimum atomic E-state index is 0.677. The third-order valence-corrected chi connectivity index (χ3v) is 1.93. The van der Waals surface area contributed by atoms with Crippen molar-refractivity contribution < 1.29 is 0 Å². The van der Waals surface area contributed by atoms with Gasteiger partial charge in [-0.2, -0.15) is 0 Å². The van der Waals surface area contributed by atoms with Crippen molar-refractivity contribution in [3.8, 4) is 0 Å². The van der Waals surface area contributed by atoms with E-state index in [1.165, 1.54) is 6.33 Å². The minimum absolute atomic E-state index is 0.677. The molecule has 5 heteroatoms. The van der Waals surface area contributed by atoms with E-state index in [0.29, 0.717) is 6.54 Å². The Hall–Kier alpha value is -1.91. The Morgan fingerprint density at radius 3 is 2.79 bits per heavy atom. The topological polar surface area (TPSA) is 55.6 Å². The normalized spacial score (nSPS) is 10.1. The molecule has 0 saturated carbocycles. The Labute approximate surface area is 81.8 Å². The number of hydrogen-bond acceptors (Lipinski definition) is 4. The summed E-state index contributed by atoms with van der Waals surface area (Å²) in [6.45, 7) is 0.677. The summed E-state index contributed by atoms with van der Waals surface area (Å²) in [6.07, 6.45) is 8.66. The SMILES string of the molecule is Cn1ccnc1CNc1cncnc1. The Morgan fingerprint density at radius 1 is 1.36 bits per heavy atom. The van der Waals surface area contributed by atoms with Crippen LogP contribution in [0.25, 0.3) is 0 Å². The monoisotopic (exact) mass is 189 g/mol. The molecule has 0 unspecified atom stereocenters. The van der Waals surface area contributed by atoms with Crippen LogP contribution in [0, 0.1) is 0 Å². The largest absolute Gasteiger partial charge is 0.375 e. The summed E-state index contributed by atoms with van der Waals surface area (Å²) in [7, 11) is 1.96. The average molecular weight is 189 g/mol. The highest BCUT2D eigenvalue weighted by atomic mass is 15.1. The number of nitrogens with zero attached hydrogens (tertiary/aromatic N) is 4. The molecule has 1 N–H and O–H groups in total. The van der Waals surface area contributed by atoms with Crippen molar-refractivity contribution in [3.63, 3.8) is 0 Å². The van der Waals surface area contributed by atoms with Crippen LogP contribution < -0.4 is 5.32 Å². The third-order valence-electron chi connectivity index (χ3n) is 1.93. The van der Waals surface area contributed by atoms with Crippen LogP contribution >= 0.6 is 0 Å². The molecule has 0 atom stereocenters. The van der Waals surface area contributed by atoms with Gasteiger partial charge in [0.1, 0.15) is 12.2 Å². The molecule has 0 aliphatic carbocycles. The lowest BCUT2D eigenvalue weighted by Gasteiger charge is -2.04. The van der Waals surface area contributed by atoms with Crippen molar-refractivity contribution in [2.75, 3.05) is 5.32 Å². The van der Waals surface area contributed by atoms with Crippen molar-refractivity contribution in [1.29, 1.82) is 0 Å². The molecule has 0 spiro atoms. The van der Waals surface area contributed by atoms with Gasteiger partial charge in [-0.05, 0) is 0 Å². The highest BCUT2D eigenvalue weighted by molar-refractivity contribution is 5.37. The molecule has 0 bridgehead atoms. The lowest BCUT2D eigenvalue weighted by Crippen LogP contribution is -2.05. The van der Waals surface area contributed by atoms with E-state index in [1.807, 2.05) is 17.8 Å². The molecule has 0 amide bonds. The molecule has 2 aromatic heterocycles. The zero-order valence-corrected chi connectivity index (χ0v) is 7.88. The fourth-order valence-electron chi connectivity index (χ4n) is 1.14. The molecule has 2 heterocycles. The third kappa shape index (κ3) is 1.87. The molecule has 0 aliphatic heterocycles. The number of nitrogens with one attached hydrogen (secondary N) is 1. The van der Waals surface area contributed by atoms with Gasteiger partial charge in [-0.15, -0.1) is 0 Å². The Bertz CT molecular complexity index is 395. The van der Waals surface area contributed by atoms with Gasteiger partial charge >= 0.3 is 0 Å². The van der Waals surface area contributed by atoms with Crippen LogP contribution in [0.15, 0.2) is 31.1 Å². The van der Waals surface area contributed by atoms with E-state index in [4.69, 9.17) is 0 Å². The summed E-state index contributed by atoms with van der Waals surface area (Å²) >= 11 is 0. The van der Waals surface area contributed by atoms with E-state index >= 15 is 0 Å². The van der Waals surface area contributed by atoms with Gasteiger partial charge in [0, 0.05) is 19.4 Å². The van der Waals surface area contributed by atoms with Gasteiger partial charge in [0.05, 0.1) is 24.6 Å². The predicted molar refractivity (Wildman–Crippen MR) is 52.6 cm³/mol. The van der Waals surface area contributed by atoms with E-state index in [2.05, 4.69) is 20.3 Å². The standard InChI is InChI=1S/C9H11N5/c1-14-3-2-12-9(14)6-13-8-4-10-7-11-5-8/h2-5,7,13H,6H2,1H3. The zero-order chi connectivity index (χ0) is 9.80. The predicted octanol–water partition coefficient (Wildman–Crippen LogP) is 0.822. The number of imidazole rings is 1. The van der Waals surface area contributed by atoms with Crippen molar-refractivity contribution in [2.24, 2.45) is 7.05 Å². The van der Waals surface area contributed by atoms with Crippen molar-refractivity contribution in [2.45, 2.75) is 6.54 Å². The van der Waals surface area contributed by atoms with E-state index in [0.717, 1.165) is 11.5 Å². The van der Waals surface area contributed by atoms with E-state index in [9.17, 15) is 0 Å². The lowest BCUT2D eigenvalue weighted by atomic mass is 10.5. The van der Waals surface area contributed by atoms with Crippen LogP contribution in [0.2, 0.25) is 0 Å². The molecule has 2 rings (SSSR count). The summed E-state index contributed by atoms with van der Waals surface area (Å²) in [5.74, 6) is 0.980. The van der Waals surface area contributed by atoms with Crippen LogP contribution in [0.3, 0.4) is 0 Å². The van der Waals surface area contributed by atoms with E-state index in [-0.39, 0.29) is 0 Å². The fourth-order valence-corrected chi connectivity index (χ4v) is 1.14. The molecule has 0 radical (unpaired) electrons. The molecule has 0 aliphatic rings. The maximum atomic E-state index is 4.19. The van der Waals surface area contributed by atoms with Crippen molar-refractivity contribution in [3.05, 3.63) is 36.9 Å². The smallest absolute Gasteiger partial charge is 0.127 e. The minimum Gasteiger partial charge on any atom is -0.375 e. The van der Waals surface area contributed by atoms with Gasteiger partial charge < -0.3 is 9.88 Å². The number of hydrogen-bond donors (Lipinski definition) is 1. The first-order chi connectivity index (χ1) is 6.86. The summed E-state index contributed by atoms with van der Waals surface area (Å²) in [4.78, 5) is 12.0. The maximum absolute atomic E-state index is 4.19. The highest BCUT2D eigenvalue weighted by Gasteiger charge is 1.98. The Balaban J connectivity index is 1.99. The van der Waals surface area contributed by atoms with Gasteiger partial charge in [-0.3, -0.25) is 0 Å². The van der Waals surface area contributed by atoms with Crippen molar-refractivity contribution >= 4 is 5.69 Å². The van der Waals surface area contributed by atoms with E-state index < -0.39 is 0 Å². The molecule has 0 aromatic carbocycles. The maximum Gasteiger partial charge on any atom is 0.127 e. The average Bonchev–Trinajstić information content (AvgIpc) is 2.63. The number of rotatable bonds is 3. The first-order valence-electron chi connectivity index (χ1n) is 4.31. The van der Waals surface area contributed by atoms with E-state index in [1.54, 1.807) is 18.6 Å². The number of aryl methyl sites for hydroxylation is 1. The lowest BCUT2D eigenvalue weighted by molar-refractivity contribution is 0.812. The molecule has 14 heavy (non-hydrogen) atoms. The van der Waals surface area contributed by atoms with Gasteiger partial charge in [0.15, 0.2) is 0 Å². The molecule has 2 aromatic rings. The van der Waals surface area contributed by atoms with Crippen LogP contribution in [0.1, 0.15) is 5.82 Å².